The van der Waals surface area contributed by atoms with Gasteiger partial charge in [0.15, 0.2) is 11.9 Å². The van der Waals surface area contributed by atoms with Crippen LogP contribution in [0.5, 0.6) is 0 Å². The molecule has 0 aromatic heterocycles. The maximum atomic E-state index is 7.21. The van der Waals surface area contributed by atoms with Crippen LogP contribution in [0.2, 0.25) is 0 Å². The number of nitrogens with two attached hydrogens (primary N) is 3. The molecule has 0 bridgehead atoms. The van der Waals surface area contributed by atoms with Gasteiger partial charge in [0.25, 0.3) is 0 Å². The van der Waals surface area contributed by atoms with Crippen molar-refractivity contribution in [2.24, 2.45) is 17.2 Å². The standard InChI is InChI=1S/C9H23N7/c10-4-3-6-15-5-1-2-7-16(8(11)12)9(13)14/h15H,1-7,10H2,(H3,11,12)(H3,13,14). The lowest BCUT2D eigenvalue weighted by molar-refractivity contribution is 0.523. The van der Waals surface area contributed by atoms with Gasteiger partial charge < -0.3 is 22.5 Å². The Bertz CT molecular complexity index is 202. The first-order chi connectivity index (χ1) is 7.59. The third-order valence-electron chi connectivity index (χ3n) is 2.12. The van der Waals surface area contributed by atoms with E-state index >= 15 is 0 Å². The summed E-state index contributed by atoms with van der Waals surface area (Å²) in [6.07, 6.45) is 2.78. The van der Waals surface area contributed by atoms with Gasteiger partial charge in [-0.3, -0.25) is 15.7 Å². The summed E-state index contributed by atoms with van der Waals surface area (Å²) in [7, 11) is 0. The quantitative estimate of drug-likeness (QED) is 0.176. The predicted molar refractivity (Wildman–Crippen MR) is 66.3 cm³/mol. The minimum Gasteiger partial charge on any atom is -0.370 e. The molecule has 0 aliphatic heterocycles. The fourth-order valence-electron chi connectivity index (χ4n) is 1.24. The molecule has 0 aliphatic carbocycles. The Labute approximate surface area is 96.4 Å². The van der Waals surface area contributed by atoms with Crippen molar-refractivity contribution < 1.29 is 0 Å². The van der Waals surface area contributed by atoms with E-state index in [1.807, 2.05) is 0 Å². The number of rotatable bonds is 8. The average Bonchev–Trinajstić information content (AvgIpc) is 2.21. The van der Waals surface area contributed by atoms with Crippen molar-refractivity contribution in [1.29, 1.82) is 10.8 Å². The van der Waals surface area contributed by atoms with Gasteiger partial charge in [-0.1, -0.05) is 0 Å². The number of unbranched alkanes of at least 4 members (excludes halogenated alkanes) is 1. The van der Waals surface area contributed by atoms with E-state index in [0.717, 1.165) is 32.4 Å². The van der Waals surface area contributed by atoms with Crippen LogP contribution in [0, 0.1) is 10.8 Å². The van der Waals surface area contributed by atoms with Crippen LogP contribution in [-0.2, 0) is 0 Å². The summed E-state index contributed by atoms with van der Waals surface area (Å²) in [5.74, 6) is -0.354. The summed E-state index contributed by atoms with van der Waals surface area (Å²) in [4.78, 5) is 1.28. The molecule has 16 heavy (non-hydrogen) atoms. The van der Waals surface area contributed by atoms with Gasteiger partial charge in [0, 0.05) is 6.54 Å². The molecule has 7 nitrogen and oxygen atoms in total. The molecular formula is C9H23N7. The second-order valence-electron chi connectivity index (χ2n) is 3.52. The zero-order chi connectivity index (χ0) is 12.4. The second-order valence-corrected chi connectivity index (χ2v) is 3.52. The molecule has 0 saturated carbocycles. The van der Waals surface area contributed by atoms with Crippen molar-refractivity contribution in [3.63, 3.8) is 0 Å². The van der Waals surface area contributed by atoms with Crippen molar-refractivity contribution >= 4 is 11.9 Å². The van der Waals surface area contributed by atoms with E-state index in [2.05, 4.69) is 5.32 Å². The topological polar surface area (TPSA) is 141 Å². The molecular weight excluding hydrogens is 206 g/mol. The summed E-state index contributed by atoms with van der Waals surface area (Å²) in [6.45, 7) is 3.06. The van der Waals surface area contributed by atoms with Crippen LogP contribution in [0.4, 0.5) is 0 Å². The molecule has 7 heteroatoms. The summed E-state index contributed by atoms with van der Waals surface area (Å²) in [6, 6.07) is 0. The summed E-state index contributed by atoms with van der Waals surface area (Å²) in [5.41, 5.74) is 15.9. The Morgan fingerprint density at radius 1 is 1.00 bits per heavy atom. The zero-order valence-corrected chi connectivity index (χ0v) is 9.63. The van der Waals surface area contributed by atoms with Crippen molar-refractivity contribution in [2.75, 3.05) is 26.2 Å². The highest BCUT2D eigenvalue weighted by Crippen LogP contribution is 1.93. The predicted octanol–water partition coefficient (Wildman–Crippen LogP) is -1.21. The number of nitrogens with zero attached hydrogens (tertiary/aromatic N) is 1. The third-order valence-corrected chi connectivity index (χ3v) is 2.12. The third kappa shape index (κ3) is 7.02. The van der Waals surface area contributed by atoms with Crippen LogP contribution < -0.4 is 22.5 Å². The molecule has 0 rings (SSSR count). The minimum absolute atomic E-state index is 0.177. The Hall–Kier alpha value is -1.34. The summed E-state index contributed by atoms with van der Waals surface area (Å²) < 4.78 is 0. The highest BCUT2D eigenvalue weighted by atomic mass is 15.3. The Morgan fingerprint density at radius 3 is 2.06 bits per heavy atom. The molecule has 9 N–H and O–H groups in total. The highest BCUT2D eigenvalue weighted by molar-refractivity contribution is 5.94. The van der Waals surface area contributed by atoms with E-state index in [4.69, 9.17) is 28.0 Å². The van der Waals surface area contributed by atoms with E-state index in [9.17, 15) is 0 Å². The van der Waals surface area contributed by atoms with Gasteiger partial charge in [0.2, 0.25) is 0 Å². The molecule has 0 amide bonds. The van der Waals surface area contributed by atoms with Crippen LogP contribution in [0.3, 0.4) is 0 Å². The number of guanidine groups is 2. The van der Waals surface area contributed by atoms with Crippen LogP contribution in [0.25, 0.3) is 0 Å². The van der Waals surface area contributed by atoms with Crippen LogP contribution in [0.15, 0.2) is 0 Å². The van der Waals surface area contributed by atoms with Crippen LogP contribution in [0.1, 0.15) is 19.3 Å². The maximum absolute atomic E-state index is 7.21. The fraction of sp³-hybridized carbons (Fsp3) is 0.778. The lowest BCUT2D eigenvalue weighted by Crippen LogP contribution is -2.45. The Morgan fingerprint density at radius 2 is 1.56 bits per heavy atom. The lowest BCUT2D eigenvalue weighted by atomic mass is 10.3. The molecule has 0 atom stereocenters. The zero-order valence-electron chi connectivity index (χ0n) is 9.63. The van der Waals surface area contributed by atoms with Gasteiger partial charge in [0.1, 0.15) is 0 Å². The van der Waals surface area contributed by atoms with Gasteiger partial charge >= 0.3 is 0 Å². The van der Waals surface area contributed by atoms with Gasteiger partial charge in [-0.15, -0.1) is 0 Å². The van der Waals surface area contributed by atoms with Gasteiger partial charge in [-0.05, 0) is 38.9 Å². The molecule has 0 aliphatic rings. The highest BCUT2D eigenvalue weighted by Gasteiger charge is 2.08. The largest absolute Gasteiger partial charge is 0.370 e. The molecule has 0 heterocycles. The number of hydrogen-bond acceptors (Lipinski definition) is 4. The first-order valence-electron chi connectivity index (χ1n) is 5.46. The molecule has 0 radical (unpaired) electrons. The average molecular weight is 229 g/mol. The SMILES string of the molecule is N=C(N)N(CCCCNCCCN)C(=N)N. The first kappa shape index (κ1) is 14.7. The van der Waals surface area contributed by atoms with Crippen molar-refractivity contribution in [1.82, 2.24) is 10.2 Å². The van der Waals surface area contributed by atoms with Crippen molar-refractivity contribution in [3.8, 4) is 0 Å². The van der Waals surface area contributed by atoms with Gasteiger partial charge in [-0.25, -0.2) is 0 Å². The van der Waals surface area contributed by atoms with E-state index in [1.54, 1.807) is 0 Å². The van der Waals surface area contributed by atoms with Crippen LogP contribution in [-0.4, -0.2) is 43.0 Å². The number of hydrogen-bond donors (Lipinski definition) is 6. The smallest absolute Gasteiger partial charge is 0.195 e. The minimum atomic E-state index is -0.177. The second kappa shape index (κ2) is 8.93. The number of nitrogens with one attached hydrogen (secondary N) is 3. The molecule has 0 aromatic rings. The molecule has 0 unspecified atom stereocenters. The molecule has 94 valence electrons. The normalized spacial score (nSPS) is 10.1. The van der Waals surface area contributed by atoms with E-state index in [-0.39, 0.29) is 11.9 Å². The van der Waals surface area contributed by atoms with E-state index < -0.39 is 0 Å². The molecule has 0 aromatic carbocycles. The fourth-order valence-corrected chi connectivity index (χ4v) is 1.24. The summed E-state index contributed by atoms with van der Waals surface area (Å²) in [5, 5.41) is 17.7. The van der Waals surface area contributed by atoms with Gasteiger partial charge in [0.05, 0.1) is 0 Å². The van der Waals surface area contributed by atoms with Crippen molar-refractivity contribution in [3.05, 3.63) is 0 Å². The summed E-state index contributed by atoms with van der Waals surface area (Å²) >= 11 is 0. The van der Waals surface area contributed by atoms with Gasteiger partial charge in [-0.2, -0.15) is 0 Å². The van der Waals surface area contributed by atoms with Crippen LogP contribution >= 0.6 is 0 Å². The molecule has 0 saturated heterocycles. The first-order valence-corrected chi connectivity index (χ1v) is 5.46. The molecule has 0 fully saturated rings. The monoisotopic (exact) mass is 229 g/mol. The Balaban J connectivity index is 3.48. The van der Waals surface area contributed by atoms with Crippen molar-refractivity contribution in [2.45, 2.75) is 19.3 Å². The van der Waals surface area contributed by atoms with E-state index in [1.165, 1.54) is 4.90 Å². The maximum Gasteiger partial charge on any atom is 0.195 e. The molecule has 0 spiro atoms. The lowest BCUT2D eigenvalue weighted by Gasteiger charge is -2.19. The van der Waals surface area contributed by atoms with E-state index in [0.29, 0.717) is 13.1 Å². The Kier molecular flexibility index (Phi) is 8.18.